The lowest BCUT2D eigenvalue weighted by molar-refractivity contribution is 0.651. The van der Waals surface area contributed by atoms with Gasteiger partial charge < -0.3 is 0 Å². The zero-order valence-electron chi connectivity index (χ0n) is 4.93. The first-order chi connectivity index (χ1) is 4.30. The molecule has 4 bridgehead atoms. The van der Waals surface area contributed by atoms with Crippen molar-refractivity contribution in [3.8, 4) is 0 Å². The second-order valence-corrected chi connectivity index (χ2v) is 6.48. The Morgan fingerprint density at radius 1 is 0.889 bits per heavy atom. The largest absolute Gasteiger partial charge is 0.0820 e. The SMILES string of the molecule is I[C@H]1C2C3CC1[C@@H](I)C32. The van der Waals surface area contributed by atoms with Crippen LogP contribution >= 0.6 is 45.2 Å². The summed E-state index contributed by atoms with van der Waals surface area (Å²) in [5.41, 5.74) is 0. The molecule has 4 fully saturated rings. The van der Waals surface area contributed by atoms with Crippen LogP contribution in [0.2, 0.25) is 0 Å². The average molecular weight is 346 g/mol. The smallest absolute Gasteiger partial charge is 0.0182 e. The fourth-order valence-electron chi connectivity index (χ4n) is 2.96. The molecule has 2 heteroatoms. The Morgan fingerprint density at radius 3 is 1.56 bits per heavy atom. The molecule has 9 heavy (non-hydrogen) atoms. The first-order valence-electron chi connectivity index (χ1n) is 3.59. The van der Waals surface area contributed by atoms with Gasteiger partial charge in [0.1, 0.15) is 0 Å². The number of hydrogen-bond acceptors (Lipinski definition) is 0. The van der Waals surface area contributed by atoms with Crippen LogP contribution in [0.1, 0.15) is 6.42 Å². The lowest BCUT2D eigenvalue weighted by Crippen LogP contribution is -2.09. The van der Waals surface area contributed by atoms with Crippen LogP contribution < -0.4 is 0 Å². The van der Waals surface area contributed by atoms with Gasteiger partial charge in [-0.1, -0.05) is 45.2 Å². The van der Waals surface area contributed by atoms with Gasteiger partial charge >= 0.3 is 0 Å². The molecule has 0 aromatic heterocycles. The normalized spacial score (nSPS) is 75.3. The van der Waals surface area contributed by atoms with Crippen LogP contribution in [0.3, 0.4) is 0 Å². The van der Waals surface area contributed by atoms with Crippen molar-refractivity contribution in [1.29, 1.82) is 0 Å². The Bertz CT molecular complexity index is 148. The highest BCUT2D eigenvalue weighted by atomic mass is 127. The summed E-state index contributed by atoms with van der Waals surface area (Å²) in [6, 6.07) is 0. The molecule has 0 radical (unpaired) electrons. The molecule has 4 saturated carbocycles. The van der Waals surface area contributed by atoms with Gasteiger partial charge in [0.15, 0.2) is 0 Å². The first-order valence-corrected chi connectivity index (χ1v) is 6.08. The summed E-state index contributed by atoms with van der Waals surface area (Å²) in [7, 11) is 0. The minimum atomic E-state index is 1.07. The van der Waals surface area contributed by atoms with Gasteiger partial charge in [0, 0.05) is 7.85 Å². The molecule has 4 rings (SSSR count). The molecule has 0 aliphatic heterocycles. The Labute approximate surface area is 82.4 Å². The molecule has 0 spiro atoms. The van der Waals surface area contributed by atoms with Crippen LogP contribution in [0.15, 0.2) is 0 Å². The number of halogens is 2. The van der Waals surface area contributed by atoms with Crippen LogP contribution in [-0.4, -0.2) is 7.85 Å². The summed E-state index contributed by atoms with van der Waals surface area (Å²) < 4.78 is 2.14. The van der Waals surface area contributed by atoms with Crippen molar-refractivity contribution in [1.82, 2.24) is 0 Å². The Balaban J connectivity index is 2.07. The van der Waals surface area contributed by atoms with Crippen molar-refractivity contribution in [2.45, 2.75) is 14.3 Å². The summed E-state index contributed by atoms with van der Waals surface area (Å²) in [6.07, 6.45) is 1.58. The minimum Gasteiger partial charge on any atom is -0.0820 e. The summed E-state index contributed by atoms with van der Waals surface area (Å²) in [4.78, 5) is 0. The van der Waals surface area contributed by atoms with E-state index in [1.807, 2.05) is 0 Å². The molecule has 0 heterocycles. The van der Waals surface area contributed by atoms with E-state index in [0.29, 0.717) is 0 Å². The van der Waals surface area contributed by atoms with Crippen molar-refractivity contribution < 1.29 is 0 Å². The van der Waals surface area contributed by atoms with Crippen molar-refractivity contribution in [3.05, 3.63) is 0 Å². The highest BCUT2D eigenvalue weighted by Gasteiger charge is 2.72. The first kappa shape index (κ1) is 6.03. The standard InChI is InChI=1S/C7H8I2/c8-6-3-1-2-4(6)5(2)7(3)9/h2-7H,1H2/t2?,3?,4?,5?,6-,7-/m1/s1. The minimum absolute atomic E-state index is 1.07. The summed E-state index contributed by atoms with van der Waals surface area (Å²) in [6.45, 7) is 0. The quantitative estimate of drug-likeness (QED) is 0.467. The van der Waals surface area contributed by atoms with Crippen LogP contribution in [0.5, 0.6) is 0 Å². The monoisotopic (exact) mass is 346 g/mol. The Hall–Kier alpha value is 1.46. The van der Waals surface area contributed by atoms with E-state index in [-0.39, 0.29) is 0 Å². The summed E-state index contributed by atoms with van der Waals surface area (Å²) in [5.74, 6) is 4.67. The maximum absolute atomic E-state index is 2.68. The number of hydrogen-bond donors (Lipinski definition) is 0. The number of rotatable bonds is 0. The molecule has 50 valence electrons. The second-order valence-electron chi connectivity index (χ2n) is 3.61. The molecule has 4 aliphatic rings. The van der Waals surface area contributed by atoms with Crippen LogP contribution in [0.4, 0.5) is 0 Å². The van der Waals surface area contributed by atoms with E-state index in [2.05, 4.69) is 45.2 Å². The fraction of sp³-hybridized carbons (Fsp3) is 1.00. The van der Waals surface area contributed by atoms with E-state index in [1.165, 1.54) is 17.8 Å². The molecule has 0 aromatic carbocycles. The van der Waals surface area contributed by atoms with Gasteiger partial charge in [-0.05, 0) is 30.1 Å². The lowest BCUT2D eigenvalue weighted by atomic mass is 10.1. The molecule has 0 N–H and O–H groups in total. The van der Waals surface area contributed by atoms with E-state index in [1.54, 1.807) is 6.42 Å². The van der Waals surface area contributed by atoms with Gasteiger partial charge in [-0.25, -0.2) is 0 Å². The van der Waals surface area contributed by atoms with Gasteiger partial charge in [0.25, 0.3) is 0 Å². The fourth-order valence-corrected chi connectivity index (χ4v) is 7.26. The zero-order chi connectivity index (χ0) is 6.17. The topological polar surface area (TPSA) is 0 Å². The third kappa shape index (κ3) is 0.532. The molecule has 0 aromatic rings. The van der Waals surface area contributed by atoms with E-state index < -0.39 is 0 Å². The van der Waals surface area contributed by atoms with Gasteiger partial charge in [-0.3, -0.25) is 0 Å². The molecule has 0 amide bonds. The molecular weight excluding hydrogens is 338 g/mol. The van der Waals surface area contributed by atoms with E-state index >= 15 is 0 Å². The predicted octanol–water partition coefficient (Wildman–Crippen LogP) is 2.49. The molecular formula is C7H8I2. The van der Waals surface area contributed by atoms with Gasteiger partial charge in [-0.15, -0.1) is 0 Å². The van der Waals surface area contributed by atoms with Crippen molar-refractivity contribution in [2.75, 3.05) is 0 Å². The molecule has 2 unspecified atom stereocenters. The number of alkyl halides is 2. The summed E-state index contributed by atoms with van der Waals surface area (Å²) in [5, 5.41) is 0. The van der Waals surface area contributed by atoms with Crippen molar-refractivity contribution in [2.24, 2.45) is 23.7 Å². The second kappa shape index (κ2) is 1.62. The van der Waals surface area contributed by atoms with Gasteiger partial charge in [0.2, 0.25) is 0 Å². The zero-order valence-corrected chi connectivity index (χ0v) is 9.24. The van der Waals surface area contributed by atoms with Crippen LogP contribution in [0.25, 0.3) is 0 Å². The third-order valence-electron chi connectivity index (χ3n) is 3.39. The van der Waals surface area contributed by atoms with Gasteiger partial charge in [0.05, 0.1) is 0 Å². The summed E-state index contributed by atoms with van der Waals surface area (Å²) >= 11 is 5.36. The highest BCUT2D eigenvalue weighted by Crippen LogP contribution is 2.74. The van der Waals surface area contributed by atoms with E-state index in [4.69, 9.17) is 0 Å². The molecule has 4 aliphatic carbocycles. The molecule has 0 nitrogen and oxygen atoms in total. The Morgan fingerprint density at radius 2 is 1.44 bits per heavy atom. The van der Waals surface area contributed by atoms with Gasteiger partial charge in [-0.2, -0.15) is 0 Å². The van der Waals surface area contributed by atoms with E-state index in [0.717, 1.165) is 13.8 Å². The third-order valence-corrected chi connectivity index (χ3v) is 6.90. The molecule has 4 atom stereocenters. The Kier molecular flexibility index (Phi) is 1.08. The lowest BCUT2D eigenvalue weighted by Gasteiger charge is -2.08. The van der Waals surface area contributed by atoms with Crippen molar-refractivity contribution in [3.63, 3.8) is 0 Å². The highest BCUT2D eigenvalue weighted by molar-refractivity contribution is 14.1. The van der Waals surface area contributed by atoms with Crippen LogP contribution in [-0.2, 0) is 0 Å². The maximum atomic E-state index is 2.68. The predicted molar refractivity (Wildman–Crippen MR) is 54.2 cm³/mol. The average Bonchev–Trinajstić information content (AvgIpc) is 2.18. The van der Waals surface area contributed by atoms with E-state index in [9.17, 15) is 0 Å². The maximum Gasteiger partial charge on any atom is 0.0182 e. The molecule has 0 saturated heterocycles. The van der Waals surface area contributed by atoms with Crippen molar-refractivity contribution >= 4 is 45.2 Å². The van der Waals surface area contributed by atoms with Crippen LogP contribution in [0, 0.1) is 23.7 Å².